The lowest BCUT2D eigenvalue weighted by Gasteiger charge is -2.11. The van der Waals surface area contributed by atoms with Gasteiger partial charge in [-0.2, -0.15) is 0 Å². The summed E-state index contributed by atoms with van der Waals surface area (Å²) in [5.74, 6) is -1.06. The lowest BCUT2D eigenvalue weighted by Crippen LogP contribution is -2.29. The minimum absolute atomic E-state index is 0.0890. The van der Waals surface area contributed by atoms with Crippen molar-refractivity contribution in [2.24, 2.45) is 5.73 Å². The number of thiazole rings is 1. The molecule has 3 rings (SSSR count). The zero-order chi connectivity index (χ0) is 18.7. The van der Waals surface area contributed by atoms with Crippen molar-refractivity contribution in [1.82, 2.24) is 4.98 Å². The first-order chi connectivity index (χ1) is 12.5. The molecule has 4 N–H and O–H groups in total. The fourth-order valence-corrected chi connectivity index (χ4v) is 3.43. The fraction of sp³-hybridized carbons (Fsp3) is 0.353. The normalized spacial score (nSPS) is 19.3. The monoisotopic (exact) mass is 378 g/mol. The standard InChI is InChI=1S/C17H19FN4O3S/c1-9(23)20-10-2-4-12(13(18)6-10)14-8-26-17(21-14)22-16(24)15-5-3-11(7-19)25-15/h2,4,6,8,11,15H,3,5,7,19H2,1H3,(H,20,23)(H,21,22,24)/t11-,15+/m1/s1. The Kier molecular flexibility index (Phi) is 5.60. The van der Waals surface area contributed by atoms with Crippen LogP contribution in [0.2, 0.25) is 0 Å². The molecule has 138 valence electrons. The molecule has 2 aromatic rings. The number of aromatic nitrogens is 1. The van der Waals surface area contributed by atoms with Crippen molar-refractivity contribution in [3.05, 3.63) is 29.4 Å². The van der Waals surface area contributed by atoms with Gasteiger partial charge in [0.2, 0.25) is 5.91 Å². The third kappa shape index (κ3) is 4.24. The number of anilines is 2. The molecule has 0 spiro atoms. The van der Waals surface area contributed by atoms with Gasteiger partial charge in [0.15, 0.2) is 5.13 Å². The van der Waals surface area contributed by atoms with Crippen molar-refractivity contribution in [2.75, 3.05) is 17.2 Å². The molecule has 0 aliphatic carbocycles. The highest BCUT2D eigenvalue weighted by Crippen LogP contribution is 2.29. The van der Waals surface area contributed by atoms with E-state index in [2.05, 4.69) is 15.6 Å². The maximum absolute atomic E-state index is 14.3. The van der Waals surface area contributed by atoms with E-state index in [1.54, 1.807) is 11.4 Å². The summed E-state index contributed by atoms with van der Waals surface area (Å²) in [6, 6.07) is 4.36. The molecular formula is C17H19FN4O3S. The predicted octanol–water partition coefficient (Wildman–Crippen LogP) is 2.35. The van der Waals surface area contributed by atoms with Gasteiger partial charge in [0, 0.05) is 30.1 Å². The van der Waals surface area contributed by atoms with Gasteiger partial charge in [-0.25, -0.2) is 9.37 Å². The maximum atomic E-state index is 14.3. The van der Waals surface area contributed by atoms with Crippen molar-refractivity contribution in [2.45, 2.75) is 32.0 Å². The van der Waals surface area contributed by atoms with Crippen LogP contribution in [0.1, 0.15) is 19.8 Å². The van der Waals surface area contributed by atoms with Crippen LogP contribution in [-0.2, 0) is 14.3 Å². The van der Waals surface area contributed by atoms with E-state index >= 15 is 0 Å². The molecule has 2 heterocycles. The highest BCUT2D eigenvalue weighted by molar-refractivity contribution is 7.14. The van der Waals surface area contributed by atoms with Crippen LogP contribution < -0.4 is 16.4 Å². The second kappa shape index (κ2) is 7.90. The minimum Gasteiger partial charge on any atom is -0.364 e. The molecule has 1 aromatic heterocycles. The molecule has 0 bridgehead atoms. The summed E-state index contributed by atoms with van der Waals surface area (Å²) in [7, 11) is 0. The smallest absolute Gasteiger partial charge is 0.255 e. The third-order valence-electron chi connectivity index (χ3n) is 3.96. The zero-order valence-electron chi connectivity index (χ0n) is 14.1. The lowest BCUT2D eigenvalue weighted by molar-refractivity contribution is -0.126. The van der Waals surface area contributed by atoms with Crippen LogP contribution in [-0.4, -0.2) is 35.6 Å². The van der Waals surface area contributed by atoms with Gasteiger partial charge in [-0.15, -0.1) is 11.3 Å². The third-order valence-corrected chi connectivity index (χ3v) is 4.72. The van der Waals surface area contributed by atoms with E-state index in [-0.39, 0.29) is 23.5 Å². The van der Waals surface area contributed by atoms with Crippen molar-refractivity contribution >= 4 is 34.0 Å². The van der Waals surface area contributed by atoms with Gasteiger partial charge >= 0.3 is 0 Å². The summed E-state index contributed by atoms with van der Waals surface area (Å²) in [4.78, 5) is 27.5. The first-order valence-electron chi connectivity index (χ1n) is 8.15. The van der Waals surface area contributed by atoms with Crippen LogP contribution in [0.5, 0.6) is 0 Å². The number of carbonyl (C=O) groups is 2. The van der Waals surface area contributed by atoms with E-state index < -0.39 is 11.9 Å². The summed E-state index contributed by atoms with van der Waals surface area (Å²) >= 11 is 1.20. The molecule has 2 amide bonds. The summed E-state index contributed by atoms with van der Waals surface area (Å²) in [6.45, 7) is 1.74. The van der Waals surface area contributed by atoms with Crippen molar-refractivity contribution < 1.29 is 18.7 Å². The number of hydrogen-bond donors (Lipinski definition) is 3. The number of nitrogens with one attached hydrogen (secondary N) is 2. The van der Waals surface area contributed by atoms with Crippen LogP contribution in [0.3, 0.4) is 0 Å². The number of benzene rings is 1. The highest BCUT2D eigenvalue weighted by atomic mass is 32.1. The Morgan fingerprint density at radius 1 is 1.38 bits per heavy atom. The molecule has 1 fully saturated rings. The molecular weight excluding hydrogens is 359 g/mol. The number of ether oxygens (including phenoxy) is 1. The highest BCUT2D eigenvalue weighted by Gasteiger charge is 2.30. The van der Waals surface area contributed by atoms with Crippen molar-refractivity contribution in [3.8, 4) is 11.3 Å². The van der Waals surface area contributed by atoms with E-state index in [1.165, 1.54) is 30.4 Å². The largest absolute Gasteiger partial charge is 0.364 e. The Morgan fingerprint density at radius 2 is 2.19 bits per heavy atom. The van der Waals surface area contributed by atoms with Gasteiger partial charge in [-0.1, -0.05) is 0 Å². The van der Waals surface area contributed by atoms with Crippen LogP contribution in [0.25, 0.3) is 11.3 Å². The van der Waals surface area contributed by atoms with Gasteiger partial charge in [-0.05, 0) is 31.0 Å². The van der Waals surface area contributed by atoms with Gasteiger partial charge < -0.3 is 15.8 Å². The van der Waals surface area contributed by atoms with E-state index in [9.17, 15) is 14.0 Å². The number of carbonyl (C=O) groups excluding carboxylic acids is 2. The van der Waals surface area contributed by atoms with E-state index in [0.717, 1.165) is 6.42 Å². The molecule has 1 saturated heterocycles. The summed E-state index contributed by atoms with van der Waals surface area (Å²) in [6.07, 6.45) is 0.743. The molecule has 9 heteroatoms. The quantitative estimate of drug-likeness (QED) is 0.740. The fourth-order valence-electron chi connectivity index (χ4n) is 2.72. The number of amides is 2. The van der Waals surface area contributed by atoms with Crippen LogP contribution in [0, 0.1) is 5.82 Å². The minimum atomic E-state index is -0.537. The van der Waals surface area contributed by atoms with E-state index in [4.69, 9.17) is 10.5 Å². The summed E-state index contributed by atoms with van der Waals surface area (Å²) < 4.78 is 19.8. The molecule has 0 radical (unpaired) electrons. The first kappa shape index (κ1) is 18.4. The Bertz CT molecular complexity index is 826. The van der Waals surface area contributed by atoms with Gasteiger partial charge in [0.25, 0.3) is 5.91 Å². The maximum Gasteiger partial charge on any atom is 0.255 e. The topological polar surface area (TPSA) is 106 Å². The van der Waals surface area contributed by atoms with Gasteiger partial charge in [0.1, 0.15) is 11.9 Å². The second-order valence-corrected chi connectivity index (χ2v) is 6.82. The Hall–Kier alpha value is -2.36. The SMILES string of the molecule is CC(=O)Nc1ccc(-c2csc(NC(=O)[C@@H]3CC[C@H](CN)O3)n2)c(F)c1. The number of rotatable bonds is 5. The Morgan fingerprint density at radius 3 is 2.85 bits per heavy atom. The molecule has 0 saturated carbocycles. The number of halogens is 1. The van der Waals surface area contributed by atoms with Gasteiger partial charge in [0.05, 0.1) is 11.8 Å². The predicted molar refractivity (Wildman–Crippen MR) is 97.4 cm³/mol. The second-order valence-electron chi connectivity index (χ2n) is 5.96. The lowest BCUT2D eigenvalue weighted by atomic mass is 10.1. The van der Waals surface area contributed by atoms with Crippen molar-refractivity contribution in [3.63, 3.8) is 0 Å². The average molecular weight is 378 g/mol. The van der Waals surface area contributed by atoms with Gasteiger partial charge in [-0.3, -0.25) is 14.9 Å². The van der Waals surface area contributed by atoms with E-state index in [1.807, 2.05) is 0 Å². The molecule has 7 nitrogen and oxygen atoms in total. The van der Waals surface area contributed by atoms with Crippen molar-refractivity contribution in [1.29, 1.82) is 0 Å². The zero-order valence-corrected chi connectivity index (χ0v) is 14.9. The molecule has 2 atom stereocenters. The van der Waals surface area contributed by atoms with Crippen LogP contribution in [0.15, 0.2) is 23.6 Å². The Labute approximate surface area is 153 Å². The molecule has 1 aliphatic rings. The summed E-state index contributed by atoms with van der Waals surface area (Å²) in [5.41, 5.74) is 6.61. The van der Waals surface area contributed by atoms with Crippen LogP contribution in [0.4, 0.5) is 15.2 Å². The number of hydrogen-bond acceptors (Lipinski definition) is 6. The average Bonchev–Trinajstić information content (AvgIpc) is 3.23. The number of nitrogens with zero attached hydrogens (tertiary/aromatic N) is 1. The molecule has 1 aliphatic heterocycles. The molecule has 1 aromatic carbocycles. The summed E-state index contributed by atoms with van der Waals surface area (Å²) in [5, 5.41) is 7.24. The number of nitrogens with two attached hydrogens (primary N) is 1. The van der Waals surface area contributed by atoms with Crippen LogP contribution >= 0.6 is 11.3 Å². The molecule has 26 heavy (non-hydrogen) atoms. The first-order valence-corrected chi connectivity index (χ1v) is 9.03. The molecule has 0 unspecified atom stereocenters. The Balaban J connectivity index is 1.68. The van der Waals surface area contributed by atoms with E-state index in [0.29, 0.717) is 29.5 Å².